The lowest BCUT2D eigenvalue weighted by atomic mass is 10.1. The maximum absolute atomic E-state index is 13.4. The van der Waals surface area contributed by atoms with Gasteiger partial charge >= 0.3 is 0 Å². The van der Waals surface area contributed by atoms with Crippen LogP contribution >= 0.6 is 0 Å². The van der Waals surface area contributed by atoms with Crippen LogP contribution in [-0.4, -0.2) is 14.7 Å². The first kappa shape index (κ1) is 14.0. The van der Waals surface area contributed by atoms with Crippen molar-refractivity contribution in [1.82, 2.24) is 0 Å². The number of rotatable bonds is 2. The summed E-state index contributed by atoms with van der Waals surface area (Å²) >= 11 is 0. The highest BCUT2D eigenvalue weighted by atomic mass is 32.2. The van der Waals surface area contributed by atoms with Gasteiger partial charge in [0.05, 0.1) is 10.5 Å². The van der Waals surface area contributed by atoms with Gasteiger partial charge in [-0.1, -0.05) is 0 Å². The maximum atomic E-state index is 13.4. The topological polar surface area (TPSA) is 29.4 Å². The van der Waals surface area contributed by atoms with E-state index >= 15 is 0 Å². The Labute approximate surface area is 102 Å². The molecule has 1 aromatic carbocycles. The van der Waals surface area contributed by atoms with Gasteiger partial charge in [-0.2, -0.15) is 4.40 Å². The molecule has 0 heterocycles. The van der Waals surface area contributed by atoms with E-state index in [1.807, 2.05) is 0 Å². The number of halogens is 2. The average Bonchev–Trinajstić information content (AvgIpc) is 2.20. The molecule has 0 spiro atoms. The zero-order chi connectivity index (χ0) is 13.2. The molecule has 0 bridgehead atoms. The lowest BCUT2D eigenvalue weighted by Gasteiger charge is -2.14. The summed E-state index contributed by atoms with van der Waals surface area (Å²) < 4.78 is 41.5. The molecule has 94 valence electrons. The Balaban J connectivity index is 3.12. The fourth-order valence-corrected chi connectivity index (χ4v) is 1.71. The summed E-state index contributed by atoms with van der Waals surface area (Å²) in [7, 11) is -1.48. The first-order chi connectivity index (χ1) is 7.71. The zero-order valence-corrected chi connectivity index (χ0v) is 11.1. The number of nitrogens with zero attached hydrogens (tertiary/aromatic N) is 1. The Morgan fingerprint density at radius 3 is 2.41 bits per heavy atom. The summed E-state index contributed by atoms with van der Waals surface area (Å²) in [4.78, 5) is 0. The Bertz CT molecular complexity index is 478. The number of hydrogen-bond donors (Lipinski definition) is 0. The van der Waals surface area contributed by atoms with E-state index < -0.39 is 27.4 Å². The van der Waals surface area contributed by atoms with E-state index in [2.05, 4.69) is 4.40 Å². The van der Waals surface area contributed by atoms with Crippen LogP contribution in [0.1, 0.15) is 33.3 Å². The summed E-state index contributed by atoms with van der Waals surface area (Å²) in [5, 5.41) is 0. The predicted octanol–water partition coefficient (Wildman–Crippen LogP) is 3.24. The molecule has 2 nitrogen and oxygen atoms in total. The fraction of sp³-hybridized carbons (Fsp3) is 0.417. The summed E-state index contributed by atoms with van der Waals surface area (Å²) in [5.41, 5.74) is 0.276. The second-order valence-corrected chi connectivity index (χ2v) is 6.57. The first-order valence-corrected chi connectivity index (χ1v) is 6.25. The molecule has 0 aromatic heterocycles. The quantitative estimate of drug-likeness (QED) is 0.750. The predicted molar refractivity (Wildman–Crippen MR) is 66.5 cm³/mol. The van der Waals surface area contributed by atoms with E-state index in [9.17, 15) is 13.0 Å². The van der Waals surface area contributed by atoms with Gasteiger partial charge in [0.15, 0.2) is 0 Å². The third-order valence-electron chi connectivity index (χ3n) is 2.06. The van der Waals surface area contributed by atoms with Gasteiger partial charge in [0.2, 0.25) is 0 Å². The van der Waals surface area contributed by atoms with Crippen molar-refractivity contribution in [3.05, 3.63) is 35.4 Å². The van der Waals surface area contributed by atoms with E-state index in [0.717, 1.165) is 18.2 Å². The van der Waals surface area contributed by atoms with Gasteiger partial charge in [0.1, 0.15) is 22.6 Å². The van der Waals surface area contributed by atoms with Crippen LogP contribution in [0.5, 0.6) is 0 Å². The van der Waals surface area contributed by atoms with Crippen LogP contribution in [0, 0.1) is 11.6 Å². The van der Waals surface area contributed by atoms with Crippen LogP contribution in [0.15, 0.2) is 22.6 Å². The van der Waals surface area contributed by atoms with E-state index in [1.54, 1.807) is 20.8 Å². The highest BCUT2D eigenvalue weighted by molar-refractivity contribution is 7.85. The summed E-state index contributed by atoms with van der Waals surface area (Å²) in [6, 6.07) is 3.12. The van der Waals surface area contributed by atoms with Gasteiger partial charge in [0, 0.05) is 5.56 Å². The molecular weight excluding hydrogens is 244 g/mol. The zero-order valence-electron chi connectivity index (χ0n) is 10.3. The van der Waals surface area contributed by atoms with Crippen LogP contribution in [-0.2, 0) is 11.0 Å². The molecule has 0 amide bonds. The third kappa shape index (κ3) is 3.70. The molecule has 1 rings (SSSR count). The van der Waals surface area contributed by atoms with Crippen molar-refractivity contribution in [3.8, 4) is 0 Å². The van der Waals surface area contributed by atoms with Crippen molar-refractivity contribution in [2.24, 2.45) is 4.40 Å². The minimum absolute atomic E-state index is 0.0441. The minimum atomic E-state index is -1.48. The Kier molecular flexibility index (Phi) is 4.14. The first-order valence-electron chi connectivity index (χ1n) is 5.14. The maximum Gasteiger partial charge on any atom is 0.145 e. The van der Waals surface area contributed by atoms with Gasteiger partial charge in [0.25, 0.3) is 0 Å². The van der Waals surface area contributed by atoms with Gasteiger partial charge in [-0.3, -0.25) is 0 Å². The van der Waals surface area contributed by atoms with Crippen molar-refractivity contribution in [1.29, 1.82) is 0 Å². The SMILES string of the molecule is C/C(=N\[S@](=O)C(C)(C)C)c1cc(F)ccc1F. The molecule has 1 aromatic rings. The standard InChI is InChI=1S/C12H15F2NOS/c1-8(15-17(16)12(2,3)4)10-7-9(13)5-6-11(10)14/h5-7H,1-4H3/b15-8+/t17-/m1/s1. The third-order valence-corrected chi connectivity index (χ3v) is 3.55. The molecule has 0 saturated heterocycles. The largest absolute Gasteiger partial charge is 0.234 e. The van der Waals surface area contributed by atoms with Crippen LogP contribution in [0.2, 0.25) is 0 Å². The normalized spacial score (nSPS) is 14.8. The lowest BCUT2D eigenvalue weighted by molar-refractivity contribution is 0.598. The molecule has 0 unspecified atom stereocenters. The van der Waals surface area contributed by atoms with Gasteiger partial charge < -0.3 is 0 Å². The van der Waals surface area contributed by atoms with Crippen molar-refractivity contribution < 1.29 is 13.0 Å². The minimum Gasteiger partial charge on any atom is -0.234 e. The van der Waals surface area contributed by atoms with Crippen molar-refractivity contribution in [2.75, 3.05) is 0 Å². The molecule has 0 fully saturated rings. The van der Waals surface area contributed by atoms with Crippen LogP contribution in [0.25, 0.3) is 0 Å². The Morgan fingerprint density at radius 2 is 1.88 bits per heavy atom. The van der Waals surface area contributed by atoms with E-state index in [-0.39, 0.29) is 11.3 Å². The Morgan fingerprint density at radius 1 is 1.29 bits per heavy atom. The van der Waals surface area contributed by atoms with E-state index in [0.29, 0.717) is 0 Å². The molecule has 0 aliphatic rings. The van der Waals surface area contributed by atoms with Gasteiger partial charge in [-0.05, 0) is 45.9 Å². The van der Waals surface area contributed by atoms with E-state index in [4.69, 9.17) is 0 Å². The lowest BCUT2D eigenvalue weighted by Crippen LogP contribution is -2.20. The van der Waals surface area contributed by atoms with Crippen molar-refractivity contribution in [3.63, 3.8) is 0 Å². The smallest absolute Gasteiger partial charge is 0.145 e. The second-order valence-electron chi connectivity index (χ2n) is 4.66. The molecule has 0 N–H and O–H groups in total. The van der Waals surface area contributed by atoms with Crippen LogP contribution < -0.4 is 0 Å². The molecule has 17 heavy (non-hydrogen) atoms. The molecule has 0 saturated carbocycles. The summed E-state index contributed by atoms with van der Waals surface area (Å²) in [6.07, 6.45) is 0. The summed E-state index contributed by atoms with van der Waals surface area (Å²) in [6.45, 7) is 6.81. The fourth-order valence-electron chi connectivity index (χ4n) is 1.09. The van der Waals surface area contributed by atoms with Crippen molar-refractivity contribution in [2.45, 2.75) is 32.4 Å². The highest BCUT2D eigenvalue weighted by Crippen LogP contribution is 2.16. The molecule has 0 aliphatic carbocycles. The summed E-state index contributed by atoms with van der Waals surface area (Å²) in [5.74, 6) is -1.11. The number of benzene rings is 1. The van der Waals surface area contributed by atoms with Crippen LogP contribution in [0.4, 0.5) is 8.78 Å². The molecular formula is C12H15F2NOS. The van der Waals surface area contributed by atoms with Crippen LogP contribution in [0.3, 0.4) is 0 Å². The molecule has 1 atom stereocenters. The monoisotopic (exact) mass is 259 g/mol. The van der Waals surface area contributed by atoms with Gasteiger partial charge in [-0.25, -0.2) is 13.0 Å². The molecule has 0 radical (unpaired) electrons. The van der Waals surface area contributed by atoms with Gasteiger partial charge in [-0.15, -0.1) is 0 Å². The molecule has 5 heteroatoms. The highest BCUT2D eigenvalue weighted by Gasteiger charge is 2.19. The average molecular weight is 259 g/mol. The van der Waals surface area contributed by atoms with E-state index in [1.165, 1.54) is 6.92 Å². The second kappa shape index (κ2) is 5.04. The van der Waals surface area contributed by atoms with Crippen molar-refractivity contribution >= 4 is 16.7 Å². The Hall–Kier alpha value is -1.10. The number of hydrogen-bond acceptors (Lipinski definition) is 1. The molecule has 0 aliphatic heterocycles.